The predicted molar refractivity (Wildman–Crippen MR) is 83.8 cm³/mol. The number of ketones is 1. The number of carbonyl (C=O) groups is 2. The van der Waals surface area contributed by atoms with Crippen molar-refractivity contribution in [2.24, 2.45) is 5.73 Å². The van der Waals surface area contributed by atoms with Gasteiger partial charge in [0.1, 0.15) is 0 Å². The summed E-state index contributed by atoms with van der Waals surface area (Å²) >= 11 is 0. The molecule has 0 aromatic heterocycles. The molecule has 1 aliphatic rings. The van der Waals surface area contributed by atoms with E-state index in [4.69, 9.17) is 5.73 Å². The lowest BCUT2D eigenvalue weighted by molar-refractivity contribution is 0.0905. The molecule has 110 valence electrons. The number of hydrogen-bond donors (Lipinski definition) is 3. The molecule has 0 aliphatic carbocycles. The molecule has 2 aromatic carbocycles. The zero-order chi connectivity index (χ0) is 15.6. The number of urea groups is 1. The first-order valence-corrected chi connectivity index (χ1v) is 6.85. The minimum absolute atomic E-state index is 0.363. The van der Waals surface area contributed by atoms with E-state index in [1.165, 1.54) is 6.20 Å². The standard InChI is InChI=1S/C17H15N3O2/c18-17(15(21)13-9-5-2-6-10-13)14(11-19-16(22)20-17)12-7-3-1-4-8-12/h1-11H,18H2,(H2,19,20,22). The predicted octanol–water partition coefficient (Wildman–Crippen LogP) is 1.88. The van der Waals surface area contributed by atoms with Crippen LogP contribution in [0.3, 0.4) is 0 Å². The lowest BCUT2D eigenvalue weighted by Gasteiger charge is -2.34. The minimum atomic E-state index is -1.61. The molecule has 5 heteroatoms. The molecule has 1 unspecified atom stereocenters. The number of hydrogen-bond acceptors (Lipinski definition) is 3. The normalized spacial score (nSPS) is 20.6. The van der Waals surface area contributed by atoms with Crippen LogP contribution >= 0.6 is 0 Å². The van der Waals surface area contributed by atoms with E-state index in [0.29, 0.717) is 11.1 Å². The lowest BCUT2D eigenvalue weighted by Crippen LogP contribution is -2.66. The fraction of sp³-hybridized carbons (Fsp3) is 0.0588. The molecular weight excluding hydrogens is 278 g/mol. The molecular formula is C17H15N3O2. The van der Waals surface area contributed by atoms with Gasteiger partial charge in [0.05, 0.1) is 0 Å². The number of Topliss-reactive ketones (excluding diaryl/α,β-unsaturated/α-hetero) is 1. The molecule has 1 heterocycles. The Morgan fingerprint density at radius 1 is 0.955 bits per heavy atom. The van der Waals surface area contributed by atoms with Crippen molar-refractivity contribution in [1.82, 2.24) is 10.6 Å². The van der Waals surface area contributed by atoms with Gasteiger partial charge in [-0.05, 0) is 5.56 Å². The summed E-state index contributed by atoms with van der Waals surface area (Å²) in [6.07, 6.45) is 1.48. The van der Waals surface area contributed by atoms with Crippen LogP contribution < -0.4 is 16.4 Å². The number of benzene rings is 2. The Kier molecular flexibility index (Phi) is 3.48. The third-order valence-corrected chi connectivity index (χ3v) is 3.56. The maximum atomic E-state index is 12.8. The molecule has 0 radical (unpaired) electrons. The van der Waals surface area contributed by atoms with Gasteiger partial charge >= 0.3 is 6.03 Å². The second kappa shape index (κ2) is 5.46. The average molecular weight is 293 g/mol. The van der Waals surface area contributed by atoms with E-state index in [-0.39, 0.29) is 5.78 Å². The third kappa shape index (κ3) is 2.38. The number of amides is 2. The van der Waals surface area contributed by atoms with Crippen molar-refractivity contribution in [2.45, 2.75) is 5.66 Å². The third-order valence-electron chi connectivity index (χ3n) is 3.56. The Morgan fingerprint density at radius 2 is 1.55 bits per heavy atom. The van der Waals surface area contributed by atoms with E-state index in [1.807, 2.05) is 36.4 Å². The quantitative estimate of drug-likeness (QED) is 0.755. The maximum Gasteiger partial charge on any atom is 0.320 e. The van der Waals surface area contributed by atoms with Gasteiger partial charge < -0.3 is 10.6 Å². The zero-order valence-corrected chi connectivity index (χ0v) is 11.7. The van der Waals surface area contributed by atoms with Crippen molar-refractivity contribution in [3.8, 4) is 0 Å². The summed E-state index contributed by atoms with van der Waals surface area (Å²) in [7, 11) is 0. The molecule has 22 heavy (non-hydrogen) atoms. The van der Waals surface area contributed by atoms with Crippen molar-refractivity contribution >= 4 is 17.4 Å². The Morgan fingerprint density at radius 3 is 2.18 bits per heavy atom. The monoisotopic (exact) mass is 293 g/mol. The Bertz CT molecular complexity index is 741. The smallest absolute Gasteiger partial charge is 0.314 e. The highest BCUT2D eigenvalue weighted by Gasteiger charge is 2.42. The molecule has 2 aromatic rings. The molecule has 0 bridgehead atoms. The molecule has 0 saturated heterocycles. The van der Waals surface area contributed by atoms with Gasteiger partial charge in [0, 0.05) is 17.3 Å². The minimum Gasteiger partial charge on any atom is -0.314 e. The molecule has 1 aliphatic heterocycles. The first kappa shape index (κ1) is 14.0. The SMILES string of the molecule is NC1(C(=O)c2ccccc2)NC(=O)NC=C1c1ccccc1. The van der Waals surface area contributed by atoms with Crippen LogP contribution in [0.2, 0.25) is 0 Å². The summed E-state index contributed by atoms with van der Waals surface area (Å²) in [5, 5.41) is 5.10. The van der Waals surface area contributed by atoms with Crippen LogP contribution in [0.5, 0.6) is 0 Å². The van der Waals surface area contributed by atoms with E-state index in [0.717, 1.165) is 5.56 Å². The van der Waals surface area contributed by atoms with E-state index in [9.17, 15) is 9.59 Å². The van der Waals surface area contributed by atoms with Gasteiger partial charge in [0.25, 0.3) is 0 Å². The summed E-state index contributed by atoms with van der Waals surface area (Å²) in [6.45, 7) is 0. The van der Waals surface area contributed by atoms with Gasteiger partial charge in [0.2, 0.25) is 5.78 Å². The Labute approximate surface area is 127 Å². The highest BCUT2D eigenvalue weighted by molar-refractivity contribution is 6.14. The molecule has 0 spiro atoms. The van der Waals surface area contributed by atoms with Crippen LogP contribution in [-0.4, -0.2) is 17.5 Å². The van der Waals surface area contributed by atoms with Crippen LogP contribution in [0.1, 0.15) is 15.9 Å². The number of nitrogens with one attached hydrogen (secondary N) is 2. The molecule has 3 rings (SSSR count). The fourth-order valence-corrected chi connectivity index (χ4v) is 2.46. The first-order chi connectivity index (χ1) is 10.6. The lowest BCUT2D eigenvalue weighted by atomic mass is 9.86. The van der Waals surface area contributed by atoms with E-state index in [1.54, 1.807) is 24.3 Å². The summed E-state index contributed by atoms with van der Waals surface area (Å²) in [4.78, 5) is 24.5. The molecule has 0 fully saturated rings. The van der Waals surface area contributed by atoms with Gasteiger partial charge in [-0.15, -0.1) is 0 Å². The van der Waals surface area contributed by atoms with E-state index < -0.39 is 11.7 Å². The van der Waals surface area contributed by atoms with Gasteiger partial charge in [0.15, 0.2) is 5.66 Å². The van der Waals surface area contributed by atoms with Crippen molar-refractivity contribution in [1.29, 1.82) is 0 Å². The van der Waals surface area contributed by atoms with Crippen LogP contribution in [0.25, 0.3) is 5.57 Å². The highest BCUT2D eigenvalue weighted by Crippen LogP contribution is 2.28. The molecule has 2 amide bonds. The highest BCUT2D eigenvalue weighted by atomic mass is 16.2. The average Bonchev–Trinajstić information content (AvgIpc) is 2.56. The van der Waals surface area contributed by atoms with Gasteiger partial charge in [-0.3, -0.25) is 10.5 Å². The van der Waals surface area contributed by atoms with Crippen molar-refractivity contribution in [3.63, 3.8) is 0 Å². The van der Waals surface area contributed by atoms with Crippen LogP contribution in [0.15, 0.2) is 66.9 Å². The number of rotatable bonds is 3. The molecule has 0 saturated carbocycles. The Hall–Kier alpha value is -2.92. The molecule has 1 atom stereocenters. The van der Waals surface area contributed by atoms with E-state index in [2.05, 4.69) is 10.6 Å². The summed E-state index contributed by atoms with van der Waals surface area (Å²) < 4.78 is 0. The maximum absolute atomic E-state index is 12.8. The van der Waals surface area contributed by atoms with Crippen LogP contribution in [0, 0.1) is 0 Å². The van der Waals surface area contributed by atoms with Gasteiger partial charge in [-0.1, -0.05) is 60.7 Å². The van der Waals surface area contributed by atoms with Crippen molar-refractivity contribution in [2.75, 3.05) is 0 Å². The summed E-state index contributed by atoms with van der Waals surface area (Å²) in [6, 6.07) is 17.4. The van der Waals surface area contributed by atoms with Crippen molar-refractivity contribution < 1.29 is 9.59 Å². The summed E-state index contributed by atoms with van der Waals surface area (Å²) in [5.41, 5.74) is 6.43. The van der Waals surface area contributed by atoms with Crippen LogP contribution in [0.4, 0.5) is 4.79 Å². The second-order valence-corrected chi connectivity index (χ2v) is 5.03. The largest absolute Gasteiger partial charge is 0.320 e. The van der Waals surface area contributed by atoms with Crippen molar-refractivity contribution in [3.05, 3.63) is 78.0 Å². The fourth-order valence-electron chi connectivity index (χ4n) is 2.46. The first-order valence-electron chi connectivity index (χ1n) is 6.85. The van der Waals surface area contributed by atoms with E-state index >= 15 is 0 Å². The molecule has 4 N–H and O–H groups in total. The zero-order valence-electron chi connectivity index (χ0n) is 11.7. The molecule has 5 nitrogen and oxygen atoms in total. The Balaban J connectivity index is 2.08. The second-order valence-electron chi connectivity index (χ2n) is 5.03. The number of carbonyl (C=O) groups excluding carboxylic acids is 2. The topological polar surface area (TPSA) is 84.2 Å². The van der Waals surface area contributed by atoms with Gasteiger partial charge in [-0.2, -0.15) is 0 Å². The summed E-state index contributed by atoms with van der Waals surface area (Å²) in [5.74, 6) is -0.363. The van der Waals surface area contributed by atoms with Crippen LogP contribution in [-0.2, 0) is 0 Å². The number of nitrogens with two attached hydrogens (primary N) is 1. The van der Waals surface area contributed by atoms with Gasteiger partial charge in [-0.25, -0.2) is 4.79 Å².